The fraction of sp³-hybridized carbons (Fsp3) is 1.00. The number of hydrogen-bond donors (Lipinski definition) is 3. The summed E-state index contributed by atoms with van der Waals surface area (Å²) in [7, 11) is 1.69. The number of aliphatic hydroxyl groups excluding tert-OH is 3. The first-order valence-corrected chi connectivity index (χ1v) is 12.8. The van der Waals surface area contributed by atoms with Crippen molar-refractivity contribution >= 4 is 0 Å². The van der Waals surface area contributed by atoms with E-state index in [0.29, 0.717) is 6.61 Å². The summed E-state index contributed by atoms with van der Waals surface area (Å²) in [6.45, 7) is 20.7. The van der Waals surface area contributed by atoms with E-state index >= 15 is 0 Å². The van der Waals surface area contributed by atoms with Gasteiger partial charge >= 0.3 is 0 Å². The maximum Gasteiger partial charge on any atom is 0.109 e. The third-order valence-corrected chi connectivity index (χ3v) is 5.47. The third kappa shape index (κ3) is 18.7. The average Bonchev–Trinajstić information content (AvgIpc) is 2.74. The molecule has 202 valence electrons. The highest BCUT2D eigenvalue weighted by atomic mass is 16.5. The summed E-state index contributed by atoms with van der Waals surface area (Å²) >= 11 is 0. The Morgan fingerprint density at radius 2 is 1.30 bits per heavy atom. The topological polar surface area (TPSA) is 97.6 Å². The first kappa shape index (κ1) is 34.9. The fourth-order valence-electron chi connectivity index (χ4n) is 3.39. The molecular weight excluding hydrogens is 424 g/mol. The summed E-state index contributed by atoms with van der Waals surface area (Å²) in [5.41, 5.74) is 0. The minimum absolute atomic E-state index is 0.0761. The van der Waals surface area contributed by atoms with Gasteiger partial charge in [0, 0.05) is 32.8 Å². The molecule has 5 atom stereocenters. The van der Waals surface area contributed by atoms with Gasteiger partial charge in [-0.3, -0.25) is 0 Å². The largest absolute Gasteiger partial charge is 0.394 e. The van der Waals surface area contributed by atoms with Crippen molar-refractivity contribution in [1.82, 2.24) is 0 Å². The quantitative estimate of drug-likeness (QED) is 0.344. The fourth-order valence-corrected chi connectivity index (χ4v) is 3.39. The van der Waals surface area contributed by atoms with E-state index in [1.54, 1.807) is 7.11 Å². The summed E-state index contributed by atoms with van der Waals surface area (Å²) in [4.78, 5) is 0. The highest BCUT2D eigenvalue weighted by molar-refractivity contribution is 4.91. The molecular formula is C26H56O7. The predicted molar refractivity (Wildman–Crippen MR) is 134 cm³/mol. The first-order valence-electron chi connectivity index (χ1n) is 12.8. The van der Waals surface area contributed by atoms with Crippen molar-refractivity contribution in [2.45, 2.75) is 99.1 Å². The lowest BCUT2D eigenvalue weighted by Crippen LogP contribution is -2.56. The predicted octanol–water partition coefficient (Wildman–Crippen LogP) is 3.91. The second-order valence-electron chi connectivity index (χ2n) is 9.95. The van der Waals surface area contributed by atoms with Crippen LogP contribution in [-0.2, 0) is 18.9 Å². The summed E-state index contributed by atoms with van der Waals surface area (Å²) in [5, 5.41) is 28.4. The van der Waals surface area contributed by atoms with Crippen LogP contribution in [0.3, 0.4) is 0 Å². The number of ether oxygens (including phenoxy) is 4. The van der Waals surface area contributed by atoms with E-state index in [2.05, 4.69) is 34.6 Å². The van der Waals surface area contributed by atoms with Gasteiger partial charge in [0.2, 0.25) is 0 Å². The van der Waals surface area contributed by atoms with Crippen LogP contribution in [0.4, 0.5) is 0 Å². The molecule has 1 saturated heterocycles. The molecule has 0 bridgehead atoms. The number of aliphatic hydroxyl groups is 3. The molecule has 0 spiro atoms. The lowest BCUT2D eigenvalue weighted by atomic mass is 9.80. The van der Waals surface area contributed by atoms with Crippen LogP contribution in [0.1, 0.15) is 74.7 Å². The highest BCUT2D eigenvalue weighted by Gasteiger charge is 2.43. The number of hydrogen-bond acceptors (Lipinski definition) is 7. The van der Waals surface area contributed by atoms with Gasteiger partial charge in [-0.15, -0.1) is 0 Å². The molecule has 0 saturated carbocycles. The minimum Gasteiger partial charge on any atom is -0.394 e. The van der Waals surface area contributed by atoms with E-state index < -0.39 is 18.3 Å². The lowest BCUT2D eigenvalue weighted by molar-refractivity contribution is -0.212. The van der Waals surface area contributed by atoms with Crippen molar-refractivity contribution in [3.05, 3.63) is 0 Å². The maximum atomic E-state index is 9.84. The highest BCUT2D eigenvalue weighted by Crippen LogP contribution is 2.31. The van der Waals surface area contributed by atoms with Gasteiger partial charge in [-0.05, 0) is 43.9 Å². The van der Waals surface area contributed by atoms with Gasteiger partial charge in [-0.1, -0.05) is 48.5 Å². The van der Waals surface area contributed by atoms with Crippen LogP contribution in [0.2, 0.25) is 0 Å². The zero-order chi connectivity index (χ0) is 25.8. The Kier molecular flexibility index (Phi) is 23.5. The van der Waals surface area contributed by atoms with Crippen molar-refractivity contribution in [1.29, 1.82) is 0 Å². The minimum atomic E-state index is -0.983. The first-order chi connectivity index (χ1) is 15.5. The normalized spacial score (nSPS) is 25.0. The van der Waals surface area contributed by atoms with Crippen LogP contribution in [0.25, 0.3) is 0 Å². The van der Waals surface area contributed by atoms with Crippen LogP contribution in [0.5, 0.6) is 0 Å². The molecule has 0 amide bonds. The van der Waals surface area contributed by atoms with Crippen LogP contribution in [-0.4, -0.2) is 86.5 Å². The SMILES string of the molecule is CC(C)C1C(C)OC(CO)C(O)C1O.CCCOCCC(C)C.COCCOCCC(C)C. The Labute approximate surface area is 204 Å². The Balaban J connectivity index is 0. The Hall–Kier alpha value is -0.280. The smallest absolute Gasteiger partial charge is 0.109 e. The summed E-state index contributed by atoms with van der Waals surface area (Å²) in [6.07, 6.45) is 0.891. The van der Waals surface area contributed by atoms with Crippen LogP contribution >= 0.6 is 0 Å². The Morgan fingerprint density at radius 1 is 0.788 bits per heavy atom. The lowest BCUT2D eigenvalue weighted by Gasteiger charge is -2.43. The number of rotatable bonds is 13. The van der Waals surface area contributed by atoms with Gasteiger partial charge in [0.05, 0.1) is 32.0 Å². The molecule has 0 aromatic heterocycles. The molecule has 1 fully saturated rings. The van der Waals surface area contributed by atoms with E-state index in [9.17, 15) is 10.2 Å². The van der Waals surface area contributed by atoms with Crippen molar-refractivity contribution in [3.8, 4) is 0 Å². The van der Waals surface area contributed by atoms with Gasteiger partial charge in [0.25, 0.3) is 0 Å². The molecule has 1 aliphatic rings. The summed E-state index contributed by atoms with van der Waals surface area (Å²) in [5.74, 6) is 1.69. The van der Waals surface area contributed by atoms with Crippen LogP contribution in [0.15, 0.2) is 0 Å². The maximum absolute atomic E-state index is 9.84. The molecule has 0 aromatic carbocycles. The summed E-state index contributed by atoms with van der Waals surface area (Å²) < 4.78 is 20.8. The summed E-state index contributed by atoms with van der Waals surface area (Å²) in [6, 6.07) is 0. The van der Waals surface area contributed by atoms with Gasteiger partial charge < -0.3 is 34.3 Å². The van der Waals surface area contributed by atoms with Gasteiger partial charge in [-0.25, -0.2) is 0 Å². The van der Waals surface area contributed by atoms with Gasteiger partial charge in [-0.2, -0.15) is 0 Å². The van der Waals surface area contributed by atoms with E-state index in [4.69, 9.17) is 24.1 Å². The Bertz CT molecular complexity index is 404. The van der Waals surface area contributed by atoms with Crippen molar-refractivity contribution in [2.24, 2.45) is 23.7 Å². The second kappa shape index (κ2) is 22.2. The standard InChI is InChI=1S/C10H20O4.C8H18O2.C8H18O/c1-5(2)8-6(3)14-7(4-11)9(12)10(8)13;1-8(2)4-5-10-7-6-9-3;1-4-6-9-7-5-8(2)3/h5-13H,4H2,1-3H3;8H,4-7H2,1-3H3;8H,4-7H2,1-3H3. The molecule has 0 radical (unpaired) electrons. The molecule has 0 aromatic rings. The molecule has 7 heteroatoms. The van der Waals surface area contributed by atoms with E-state index in [0.717, 1.165) is 51.1 Å². The molecule has 1 aliphatic heterocycles. The second-order valence-corrected chi connectivity index (χ2v) is 9.95. The van der Waals surface area contributed by atoms with E-state index in [-0.39, 0.29) is 24.5 Å². The zero-order valence-electron chi connectivity index (χ0n) is 23.0. The van der Waals surface area contributed by atoms with Crippen molar-refractivity contribution in [3.63, 3.8) is 0 Å². The molecule has 1 rings (SSSR count). The molecule has 3 N–H and O–H groups in total. The number of methoxy groups -OCH3 is 1. The average molecular weight is 481 g/mol. The van der Waals surface area contributed by atoms with Crippen molar-refractivity contribution in [2.75, 3.05) is 46.8 Å². The molecule has 5 unspecified atom stereocenters. The Morgan fingerprint density at radius 3 is 1.70 bits per heavy atom. The van der Waals surface area contributed by atoms with Crippen LogP contribution < -0.4 is 0 Å². The van der Waals surface area contributed by atoms with Crippen molar-refractivity contribution < 1.29 is 34.3 Å². The van der Waals surface area contributed by atoms with E-state index in [1.807, 2.05) is 20.8 Å². The molecule has 0 aliphatic carbocycles. The molecule has 7 nitrogen and oxygen atoms in total. The zero-order valence-corrected chi connectivity index (χ0v) is 23.0. The van der Waals surface area contributed by atoms with E-state index in [1.165, 1.54) is 6.42 Å². The van der Waals surface area contributed by atoms with Gasteiger partial charge in [0.1, 0.15) is 12.2 Å². The molecule has 33 heavy (non-hydrogen) atoms. The molecule has 1 heterocycles. The third-order valence-electron chi connectivity index (χ3n) is 5.47. The monoisotopic (exact) mass is 480 g/mol. The van der Waals surface area contributed by atoms with Crippen LogP contribution in [0, 0.1) is 23.7 Å². The van der Waals surface area contributed by atoms with Gasteiger partial charge in [0.15, 0.2) is 0 Å².